The topological polar surface area (TPSA) is 85.2 Å². The number of ether oxygens (including phenoxy) is 1. The van der Waals surface area contributed by atoms with E-state index in [-0.39, 0.29) is 23.3 Å². The molecule has 30 heavy (non-hydrogen) atoms. The molecule has 3 aromatic rings. The molecule has 1 amide bonds. The molecule has 7 nitrogen and oxygen atoms in total. The Hall–Kier alpha value is -3.61. The van der Waals surface area contributed by atoms with E-state index in [1.807, 2.05) is 37.3 Å². The van der Waals surface area contributed by atoms with Crippen LogP contribution in [0, 0.1) is 6.92 Å². The van der Waals surface area contributed by atoms with Crippen LogP contribution >= 0.6 is 0 Å². The van der Waals surface area contributed by atoms with Crippen LogP contribution in [0.4, 0.5) is 5.82 Å². The molecule has 0 radical (unpaired) electrons. The molecule has 1 aromatic heterocycles. The second-order valence-corrected chi connectivity index (χ2v) is 7.40. The van der Waals surface area contributed by atoms with Crippen LogP contribution in [-0.4, -0.2) is 28.6 Å². The lowest BCUT2D eigenvalue weighted by atomic mass is 10.1. The van der Waals surface area contributed by atoms with Gasteiger partial charge in [0.05, 0.1) is 12.8 Å². The summed E-state index contributed by atoms with van der Waals surface area (Å²) in [5.41, 5.74) is 2.83. The number of anilines is 1. The molecule has 2 N–H and O–H groups in total. The Morgan fingerprint density at radius 1 is 1.20 bits per heavy atom. The summed E-state index contributed by atoms with van der Waals surface area (Å²) in [7, 11) is 1.62. The van der Waals surface area contributed by atoms with Crippen LogP contribution in [0.5, 0.6) is 5.75 Å². The van der Waals surface area contributed by atoms with E-state index in [0.29, 0.717) is 17.8 Å². The molecular weight excluding hydrogens is 380 g/mol. The lowest BCUT2D eigenvalue weighted by Gasteiger charge is -2.13. The summed E-state index contributed by atoms with van der Waals surface area (Å²) in [5, 5.41) is 6.08. The van der Waals surface area contributed by atoms with E-state index in [4.69, 9.17) is 4.74 Å². The maximum atomic E-state index is 13.0. The molecule has 0 saturated heterocycles. The molecule has 0 spiro atoms. The molecule has 0 bridgehead atoms. The number of carbonyl (C=O) groups excluding carboxylic acids is 1. The van der Waals surface area contributed by atoms with Gasteiger partial charge in [-0.2, -0.15) is 0 Å². The van der Waals surface area contributed by atoms with E-state index in [1.54, 1.807) is 31.6 Å². The first-order chi connectivity index (χ1) is 14.5. The van der Waals surface area contributed by atoms with Crippen molar-refractivity contribution in [2.45, 2.75) is 32.4 Å². The first-order valence-electron chi connectivity index (χ1n) is 9.91. The number of nitrogens with one attached hydrogen (secondary N) is 2. The van der Waals surface area contributed by atoms with Crippen molar-refractivity contribution in [2.24, 2.45) is 0 Å². The highest BCUT2D eigenvalue weighted by Gasteiger charge is 2.24. The van der Waals surface area contributed by atoms with Gasteiger partial charge in [-0.15, -0.1) is 0 Å². The van der Waals surface area contributed by atoms with E-state index < -0.39 is 0 Å². The van der Waals surface area contributed by atoms with E-state index in [0.717, 1.165) is 29.7 Å². The molecule has 0 atom stereocenters. The second-order valence-electron chi connectivity index (χ2n) is 7.40. The molecule has 4 rings (SSSR count). The van der Waals surface area contributed by atoms with Crippen molar-refractivity contribution in [3.63, 3.8) is 0 Å². The number of nitrogens with zero attached hydrogens (tertiary/aromatic N) is 2. The zero-order valence-electron chi connectivity index (χ0n) is 17.0. The van der Waals surface area contributed by atoms with Gasteiger partial charge in [0.15, 0.2) is 5.82 Å². The Bertz CT molecular complexity index is 1120. The molecule has 2 aromatic carbocycles. The van der Waals surface area contributed by atoms with Crippen molar-refractivity contribution in [1.29, 1.82) is 0 Å². The van der Waals surface area contributed by atoms with Gasteiger partial charge in [0.1, 0.15) is 5.75 Å². The van der Waals surface area contributed by atoms with E-state index in [1.165, 1.54) is 4.57 Å². The fourth-order valence-corrected chi connectivity index (χ4v) is 3.16. The van der Waals surface area contributed by atoms with Gasteiger partial charge in [0, 0.05) is 30.5 Å². The van der Waals surface area contributed by atoms with Crippen LogP contribution in [0.15, 0.2) is 59.7 Å². The van der Waals surface area contributed by atoms with Gasteiger partial charge in [-0.3, -0.25) is 14.2 Å². The summed E-state index contributed by atoms with van der Waals surface area (Å²) in [6.45, 7) is 2.37. The number of carbonyl (C=O) groups is 1. The summed E-state index contributed by atoms with van der Waals surface area (Å²) in [5.74, 6) is 0.916. The highest BCUT2D eigenvalue weighted by Crippen LogP contribution is 2.21. The summed E-state index contributed by atoms with van der Waals surface area (Å²) in [6.07, 6.45) is 5.24. The summed E-state index contributed by atoms with van der Waals surface area (Å²) >= 11 is 0. The molecule has 0 unspecified atom stereocenters. The third-order valence-corrected chi connectivity index (χ3v) is 5.10. The molecule has 1 fully saturated rings. The molecule has 154 valence electrons. The van der Waals surface area contributed by atoms with Crippen LogP contribution in [0.3, 0.4) is 0 Å². The fourth-order valence-electron chi connectivity index (χ4n) is 3.16. The minimum atomic E-state index is -0.270. The van der Waals surface area contributed by atoms with Crippen molar-refractivity contribution in [3.8, 4) is 11.4 Å². The molecule has 0 aliphatic heterocycles. The van der Waals surface area contributed by atoms with Crippen LogP contribution in [0.1, 0.15) is 34.3 Å². The maximum absolute atomic E-state index is 13.0. The normalized spacial score (nSPS) is 13.0. The van der Waals surface area contributed by atoms with Crippen molar-refractivity contribution >= 4 is 11.7 Å². The third-order valence-electron chi connectivity index (χ3n) is 5.10. The number of hydrogen-bond acceptors (Lipinski definition) is 5. The number of benzene rings is 2. The molecule has 1 heterocycles. The quantitative estimate of drug-likeness (QED) is 0.632. The number of hydrogen-bond donors (Lipinski definition) is 2. The number of rotatable bonds is 7. The highest BCUT2D eigenvalue weighted by molar-refractivity contribution is 5.95. The average Bonchev–Trinajstić information content (AvgIpc) is 3.58. The van der Waals surface area contributed by atoms with E-state index in [9.17, 15) is 9.59 Å². The predicted octanol–water partition coefficient (Wildman–Crippen LogP) is 3.05. The van der Waals surface area contributed by atoms with Crippen LogP contribution in [0.25, 0.3) is 5.69 Å². The minimum Gasteiger partial charge on any atom is -0.497 e. The van der Waals surface area contributed by atoms with Gasteiger partial charge in [-0.25, -0.2) is 4.98 Å². The summed E-state index contributed by atoms with van der Waals surface area (Å²) in [6, 6.07) is 13.3. The fraction of sp³-hybridized carbons (Fsp3) is 0.261. The Balaban J connectivity index is 1.57. The Labute approximate surface area is 174 Å². The molecular formula is C23H24N4O3. The monoisotopic (exact) mass is 404 g/mol. The second kappa shape index (κ2) is 8.41. The van der Waals surface area contributed by atoms with E-state index in [2.05, 4.69) is 15.6 Å². The highest BCUT2D eigenvalue weighted by atomic mass is 16.5. The van der Waals surface area contributed by atoms with Crippen LogP contribution in [0.2, 0.25) is 0 Å². The average molecular weight is 404 g/mol. The zero-order chi connectivity index (χ0) is 21.1. The molecule has 1 aliphatic rings. The Morgan fingerprint density at radius 3 is 2.67 bits per heavy atom. The molecule has 7 heteroatoms. The SMILES string of the molecule is COc1ccc(CNc2nccn(-c3cc(C(=O)NC4CC4)ccc3C)c2=O)cc1. The van der Waals surface area contributed by atoms with Gasteiger partial charge in [-0.1, -0.05) is 18.2 Å². The summed E-state index contributed by atoms with van der Waals surface area (Å²) < 4.78 is 6.68. The molecule has 1 aliphatic carbocycles. The van der Waals surface area contributed by atoms with Crippen molar-refractivity contribution in [3.05, 3.63) is 81.9 Å². The Morgan fingerprint density at radius 2 is 1.97 bits per heavy atom. The maximum Gasteiger partial charge on any atom is 0.297 e. The number of amides is 1. The van der Waals surface area contributed by atoms with Crippen LogP contribution < -0.4 is 20.9 Å². The standard InChI is InChI=1S/C23H24N4O3/c1-15-3-6-17(22(28)26-18-7-8-18)13-20(15)27-12-11-24-21(23(27)29)25-14-16-4-9-19(30-2)10-5-16/h3-6,9-13,18H,7-8,14H2,1-2H3,(H,24,25)(H,26,28). The van der Waals surface area contributed by atoms with Gasteiger partial charge >= 0.3 is 0 Å². The zero-order valence-corrected chi connectivity index (χ0v) is 17.0. The smallest absolute Gasteiger partial charge is 0.297 e. The third kappa shape index (κ3) is 4.35. The lowest BCUT2D eigenvalue weighted by Crippen LogP contribution is -2.26. The Kier molecular flexibility index (Phi) is 5.52. The first-order valence-corrected chi connectivity index (χ1v) is 9.91. The van der Waals surface area contributed by atoms with E-state index >= 15 is 0 Å². The van der Waals surface area contributed by atoms with Gasteiger partial charge in [0.25, 0.3) is 11.5 Å². The van der Waals surface area contributed by atoms with Crippen LogP contribution in [-0.2, 0) is 6.54 Å². The van der Waals surface area contributed by atoms with Gasteiger partial charge < -0.3 is 15.4 Å². The lowest BCUT2D eigenvalue weighted by molar-refractivity contribution is 0.0951. The number of aromatic nitrogens is 2. The first kappa shape index (κ1) is 19.7. The number of methoxy groups -OCH3 is 1. The largest absolute Gasteiger partial charge is 0.497 e. The minimum absolute atomic E-state index is 0.112. The van der Waals surface area contributed by atoms with Crippen molar-refractivity contribution < 1.29 is 9.53 Å². The molecule has 1 saturated carbocycles. The van der Waals surface area contributed by atoms with Gasteiger partial charge in [-0.05, 0) is 55.2 Å². The van der Waals surface area contributed by atoms with Crippen molar-refractivity contribution in [1.82, 2.24) is 14.9 Å². The predicted molar refractivity (Wildman–Crippen MR) is 115 cm³/mol. The number of aryl methyl sites for hydroxylation is 1. The summed E-state index contributed by atoms with van der Waals surface area (Å²) in [4.78, 5) is 29.6. The van der Waals surface area contributed by atoms with Gasteiger partial charge in [0.2, 0.25) is 0 Å². The van der Waals surface area contributed by atoms with Crippen molar-refractivity contribution in [2.75, 3.05) is 12.4 Å².